The SMILES string of the molecule is O=C1c2c(c3ccccc3[nH]c2=O)C(=O)N1c1cccs1. The molecule has 6 heteroatoms. The Hall–Kier alpha value is -2.73. The highest BCUT2D eigenvalue weighted by molar-refractivity contribution is 7.14. The lowest BCUT2D eigenvalue weighted by Crippen LogP contribution is -2.29. The maximum Gasteiger partial charge on any atom is 0.272 e. The van der Waals surface area contributed by atoms with Gasteiger partial charge in [0, 0.05) is 10.9 Å². The minimum atomic E-state index is -0.565. The van der Waals surface area contributed by atoms with Crippen molar-refractivity contribution in [2.45, 2.75) is 0 Å². The summed E-state index contributed by atoms with van der Waals surface area (Å²) in [6.45, 7) is 0. The van der Waals surface area contributed by atoms with Crippen LogP contribution in [0.4, 0.5) is 5.00 Å². The molecule has 5 nitrogen and oxygen atoms in total. The smallest absolute Gasteiger partial charge is 0.272 e. The number of carbonyl (C=O) groups is 2. The number of aromatic nitrogens is 1. The summed E-state index contributed by atoms with van der Waals surface area (Å²) in [7, 11) is 0. The average molecular weight is 296 g/mol. The highest BCUT2D eigenvalue weighted by Crippen LogP contribution is 2.32. The van der Waals surface area contributed by atoms with Crippen LogP contribution in [0, 0.1) is 0 Å². The zero-order valence-electron chi connectivity index (χ0n) is 10.6. The van der Waals surface area contributed by atoms with Crippen LogP contribution in [0.1, 0.15) is 20.7 Å². The number of nitrogens with one attached hydrogen (secondary N) is 1. The molecule has 0 radical (unpaired) electrons. The quantitative estimate of drug-likeness (QED) is 0.701. The van der Waals surface area contributed by atoms with Crippen LogP contribution in [0.3, 0.4) is 0 Å². The van der Waals surface area contributed by atoms with Gasteiger partial charge in [-0.1, -0.05) is 18.2 Å². The normalized spacial score (nSPS) is 14.0. The van der Waals surface area contributed by atoms with Crippen LogP contribution >= 0.6 is 11.3 Å². The first-order valence-corrected chi connectivity index (χ1v) is 7.14. The van der Waals surface area contributed by atoms with E-state index >= 15 is 0 Å². The van der Waals surface area contributed by atoms with Crippen molar-refractivity contribution < 1.29 is 9.59 Å². The lowest BCUT2D eigenvalue weighted by atomic mass is 10.1. The number of hydrogen-bond acceptors (Lipinski definition) is 4. The zero-order chi connectivity index (χ0) is 14.6. The van der Waals surface area contributed by atoms with Gasteiger partial charge in [0.15, 0.2) is 0 Å². The standard InChI is InChI=1S/C15H8N2O3S/c18-13-12-11(8-4-1-2-5-9(8)16-13)14(19)17(15(12)20)10-6-3-7-21-10/h1-7H,(H,16,18). The molecule has 102 valence electrons. The fourth-order valence-corrected chi connectivity index (χ4v) is 3.31. The van der Waals surface area contributed by atoms with Crippen LogP contribution in [0.5, 0.6) is 0 Å². The summed E-state index contributed by atoms with van der Waals surface area (Å²) >= 11 is 1.28. The fraction of sp³-hybridized carbons (Fsp3) is 0. The van der Waals surface area contributed by atoms with Crippen molar-refractivity contribution in [3.8, 4) is 0 Å². The molecule has 0 saturated carbocycles. The highest BCUT2D eigenvalue weighted by Gasteiger charge is 2.40. The van der Waals surface area contributed by atoms with E-state index < -0.39 is 17.4 Å². The number of hydrogen-bond donors (Lipinski definition) is 1. The van der Waals surface area contributed by atoms with E-state index in [9.17, 15) is 14.4 Å². The molecule has 0 aliphatic carbocycles. The number of anilines is 1. The summed E-state index contributed by atoms with van der Waals surface area (Å²) in [6, 6.07) is 10.4. The van der Waals surface area contributed by atoms with Crippen molar-refractivity contribution in [2.75, 3.05) is 4.90 Å². The molecule has 0 spiro atoms. The number of benzene rings is 1. The third-order valence-corrected chi connectivity index (χ3v) is 4.34. The summed E-state index contributed by atoms with van der Waals surface area (Å²) < 4.78 is 0. The van der Waals surface area contributed by atoms with Gasteiger partial charge in [0.05, 0.1) is 5.56 Å². The van der Waals surface area contributed by atoms with E-state index in [0.29, 0.717) is 15.9 Å². The fourth-order valence-electron chi connectivity index (χ4n) is 2.58. The van der Waals surface area contributed by atoms with E-state index in [1.165, 1.54) is 11.3 Å². The minimum Gasteiger partial charge on any atom is -0.321 e. The number of rotatable bonds is 1. The second kappa shape index (κ2) is 4.13. The number of pyridine rings is 1. The van der Waals surface area contributed by atoms with E-state index in [2.05, 4.69) is 4.98 Å². The van der Waals surface area contributed by atoms with Crippen LogP contribution in [-0.4, -0.2) is 16.8 Å². The van der Waals surface area contributed by atoms with Crippen LogP contribution in [-0.2, 0) is 0 Å². The largest absolute Gasteiger partial charge is 0.321 e. The van der Waals surface area contributed by atoms with Crippen LogP contribution in [0.25, 0.3) is 10.9 Å². The Morgan fingerprint density at radius 1 is 0.905 bits per heavy atom. The number of H-pyrrole nitrogens is 1. The topological polar surface area (TPSA) is 70.2 Å². The monoisotopic (exact) mass is 296 g/mol. The predicted molar refractivity (Wildman–Crippen MR) is 80.0 cm³/mol. The molecule has 1 N–H and O–H groups in total. The van der Waals surface area contributed by atoms with Gasteiger partial charge in [-0.2, -0.15) is 0 Å². The molecule has 1 aliphatic rings. The summed E-state index contributed by atoms with van der Waals surface area (Å²) in [5.74, 6) is -1.01. The number of aromatic amines is 1. The molecule has 0 bridgehead atoms. The maximum absolute atomic E-state index is 12.6. The summed E-state index contributed by atoms with van der Waals surface area (Å²) in [6.07, 6.45) is 0. The van der Waals surface area contributed by atoms with Crippen molar-refractivity contribution in [1.29, 1.82) is 0 Å². The number of para-hydroxylation sites is 1. The number of amides is 2. The number of thiophene rings is 1. The van der Waals surface area contributed by atoms with Crippen LogP contribution < -0.4 is 10.5 Å². The van der Waals surface area contributed by atoms with Gasteiger partial charge in [-0.3, -0.25) is 14.4 Å². The Morgan fingerprint density at radius 2 is 1.67 bits per heavy atom. The lowest BCUT2D eigenvalue weighted by Gasteiger charge is -2.10. The second-order valence-corrected chi connectivity index (χ2v) is 5.57. The van der Waals surface area contributed by atoms with Gasteiger partial charge in [-0.25, -0.2) is 4.90 Å². The highest BCUT2D eigenvalue weighted by atomic mass is 32.1. The summed E-state index contributed by atoms with van der Waals surface area (Å²) in [5, 5.41) is 2.88. The van der Waals surface area contributed by atoms with E-state index in [-0.39, 0.29) is 11.1 Å². The molecular weight excluding hydrogens is 288 g/mol. The molecule has 3 aromatic rings. The van der Waals surface area contributed by atoms with E-state index in [4.69, 9.17) is 0 Å². The van der Waals surface area contributed by atoms with Gasteiger partial charge in [0.2, 0.25) is 0 Å². The molecule has 0 atom stereocenters. The molecule has 1 aromatic carbocycles. The minimum absolute atomic E-state index is 0.0768. The van der Waals surface area contributed by atoms with Crippen molar-refractivity contribution in [2.24, 2.45) is 0 Å². The van der Waals surface area contributed by atoms with Gasteiger partial charge in [0.1, 0.15) is 10.6 Å². The number of imide groups is 1. The summed E-state index contributed by atoms with van der Waals surface area (Å²) in [5.41, 5.74) is 0.136. The van der Waals surface area contributed by atoms with E-state index in [1.807, 2.05) is 0 Å². The van der Waals surface area contributed by atoms with Gasteiger partial charge < -0.3 is 4.98 Å². The Morgan fingerprint density at radius 3 is 2.43 bits per heavy atom. The number of fused-ring (bicyclic) bond motifs is 3. The molecule has 0 saturated heterocycles. The molecule has 21 heavy (non-hydrogen) atoms. The Kier molecular flexibility index (Phi) is 2.37. The molecule has 0 fully saturated rings. The Bertz CT molecular complexity index is 957. The first-order chi connectivity index (χ1) is 10.2. The molecule has 0 unspecified atom stereocenters. The van der Waals surface area contributed by atoms with Crippen molar-refractivity contribution in [3.05, 3.63) is 63.3 Å². The van der Waals surface area contributed by atoms with Gasteiger partial charge in [-0.05, 0) is 23.6 Å². The van der Waals surface area contributed by atoms with E-state index in [1.54, 1.807) is 41.8 Å². The lowest BCUT2D eigenvalue weighted by molar-refractivity contribution is 0.0927. The third kappa shape index (κ3) is 1.53. The molecule has 3 heterocycles. The Labute approximate surface area is 122 Å². The second-order valence-electron chi connectivity index (χ2n) is 4.65. The van der Waals surface area contributed by atoms with Gasteiger partial charge in [0.25, 0.3) is 17.4 Å². The van der Waals surface area contributed by atoms with Gasteiger partial charge in [-0.15, -0.1) is 11.3 Å². The van der Waals surface area contributed by atoms with Crippen molar-refractivity contribution >= 4 is 39.1 Å². The van der Waals surface area contributed by atoms with Crippen LogP contribution in [0.15, 0.2) is 46.6 Å². The van der Waals surface area contributed by atoms with E-state index in [0.717, 1.165) is 4.90 Å². The first-order valence-electron chi connectivity index (χ1n) is 6.26. The van der Waals surface area contributed by atoms with Crippen LogP contribution in [0.2, 0.25) is 0 Å². The number of nitrogens with zero attached hydrogens (tertiary/aromatic N) is 1. The maximum atomic E-state index is 12.6. The number of carbonyl (C=O) groups excluding carboxylic acids is 2. The third-order valence-electron chi connectivity index (χ3n) is 3.48. The van der Waals surface area contributed by atoms with Crippen molar-refractivity contribution in [3.63, 3.8) is 0 Å². The Balaban J connectivity index is 2.07. The van der Waals surface area contributed by atoms with Crippen molar-refractivity contribution in [1.82, 2.24) is 4.98 Å². The van der Waals surface area contributed by atoms with Gasteiger partial charge >= 0.3 is 0 Å². The first kappa shape index (κ1) is 12.0. The average Bonchev–Trinajstić information content (AvgIpc) is 3.07. The molecular formula is C15H8N2O3S. The molecule has 1 aliphatic heterocycles. The zero-order valence-corrected chi connectivity index (χ0v) is 11.4. The molecule has 2 aromatic heterocycles. The molecule has 4 rings (SSSR count). The predicted octanol–water partition coefficient (Wildman–Crippen LogP) is 2.39. The summed E-state index contributed by atoms with van der Waals surface area (Å²) in [4.78, 5) is 41.0. The molecule has 2 amide bonds.